The summed E-state index contributed by atoms with van der Waals surface area (Å²) < 4.78 is 0. The molecule has 0 aliphatic heterocycles. The largest absolute Gasteiger partial charge is 0.480 e. The zero-order valence-electron chi connectivity index (χ0n) is 10.8. The molecule has 1 rings (SSSR count). The van der Waals surface area contributed by atoms with Crippen molar-refractivity contribution in [2.24, 2.45) is 11.5 Å². The number of carboxylic acid groups (broad SMARTS) is 1. The number of benzene rings is 1. The number of hydrogen-bond acceptors (Lipinski definition) is 4. The van der Waals surface area contributed by atoms with Gasteiger partial charge in [-0.25, -0.2) is 4.79 Å². The predicted molar refractivity (Wildman–Crippen MR) is 71.5 cm³/mol. The van der Waals surface area contributed by atoms with E-state index in [0.717, 1.165) is 5.56 Å². The van der Waals surface area contributed by atoms with E-state index in [4.69, 9.17) is 16.6 Å². The average Bonchev–Trinajstić information content (AvgIpc) is 2.38. The summed E-state index contributed by atoms with van der Waals surface area (Å²) in [5, 5.41) is 11.1. The van der Waals surface area contributed by atoms with Gasteiger partial charge >= 0.3 is 5.97 Å². The van der Waals surface area contributed by atoms with E-state index in [1.165, 1.54) is 0 Å². The first kappa shape index (κ1) is 15.6. The topological polar surface area (TPSA) is 136 Å². The zero-order valence-corrected chi connectivity index (χ0v) is 10.8. The fourth-order valence-electron chi connectivity index (χ4n) is 1.64. The van der Waals surface area contributed by atoms with Crippen molar-refractivity contribution in [1.29, 1.82) is 0 Å². The number of primary amides is 1. The average molecular weight is 279 g/mol. The van der Waals surface area contributed by atoms with Gasteiger partial charge in [0.25, 0.3) is 0 Å². The molecule has 0 heterocycles. The van der Waals surface area contributed by atoms with Gasteiger partial charge < -0.3 is 21.9 Å². The molecule has 20 heavy (non-hydrogen) atoms. The minimum Gasteiger partial charge on any atom is -0.480 e. The lowest BCUT2D eigenvalue weighted by atomic mass is 10.1. The van der Waals surface area contributed by atoms with Crippen LogP contribution < -0.4 is 16.8 Å². The molecule has 2 amide bonds. The second kappa shape index (κ2) is 7.25. The van der Waals surface area contributed by atoms with Crippen LogP contribution in [0.25, 0.3) is 0 Å². The van der Waals surface area contributed by atoms with Crippen molar-refractivity contribution < 1.29 is 19.5 Å². The Morgan fingerprint density at radius 1 is 1.20 bits per heavy atom. The first-order chi connectivity index (χ1) is 9.40. The molecule has 0 radical (unpaired) electrons. The third kappa shape index (κ3) is 5.07. The molecule has 1 aromatic rings. The quantitative estimate of drug-likeness (QED) is 0.507. The molecule has 0 fully saturated rings. The summed E-state index contributed by atoms with van der Waals surface area (Å²) in [7, 11) is 0. The normalized spacial score (nSPS) is 13.2. The summed E-state index contributed by atoms with van der Waals surface area (Å²) in [5.41, 5.74) is 11.5. The van der Waals surface area contributed by atoms with Crippen LogP contribution >= 0.6 is 0 Å². The van der Waals surface area contributed by atoms with Crippen LogP contribution in [0.15, 0.2) is 30.3 Å². The van der Waals surface area contributed by atoms with Crippen molar-refractivity contribution in [1.82, 2.24) is 5.32 Å². The number of aliphatic carboxylic acids is 1. The summed E-state index contributed by atoms with van der Waals surface area (Å²) in [4.78, 5) is 33.4. The summed E-state index contributed by atoms with van der Waals surface area (Å²) in [6.07, 6.45) is -0.200. The SMILES string of the molecule is NC(=O)C[C@H](NC(=O)C(N)Cc1ccccc1)C(=O)O. The van der Waals surface area contributed by atoms with E-state index < -0.39 is 36.3 Å². The molecule has 0 aromatic heterocycles. The van der Waals surface area contributed by atoms with Crippen molar-refractivity contribution in [2.45, 2.75) is 24.9 Å². The summed E-state index contributed by atoms with van der Waals surface area (Å²) in [6.45, 7) is 0. The maximum absolute atomic E-state index is 11.8. The molecule has 1 aromatic carbocycles. The number of hydrogen-bond donors (Lipinski definition) is 4. The summed E-state index contributed by atoms with van der Waals surface area (Å²) in [6, 6.07) is 6.83. The van der Waals surface area contributed by atoms with Crippen LogP contribution in [0.1, 0.15) is 12.0 Å². The molecule has 7 nitrogen and oxygen atoms in total. The number of rotatable bonds is 7. The lowest BCUT2D eigenvalue weighted by molar-refractivity contribution is -0.143. The highest BCUT2D eigenvalue weighted by molar-refractivity contribution is 5.90. The molecule has 1 unspecified atom stereocenters. The van der Waals surface area contributed by atoms with Crippen LogP contribution in [0.3, 0.4) is 0 Å². The van der Waals surface area contributed by atoms with Gasteiger partial charge in [-0.1, -0.05) is 30.3 Å². The molecule has 0 saturated carbocycles. The molecular formula is C13H17N3O4. The van der Waals surface area contributed by atoms with Crippen LogP contribution in [0.5, 0.6) is 0 Å². The Balaban J connectivity index is 2.59. The van der Waals surface area contributed by atoms with E-state index in [0.29, 0.717) is 0 Å². The second-order valence-electron chi connectivity index (χ2n) is 4.37. The molecule has 0 saturated heterocycles. The van der Waals surface area contributed by atoms with E-state index >= 15 is 0 Å². The fourth-order valence-corrected chi connectivity index (χ4v) is 1.64. The lowest BCUT2D eigenvalue weighted by Gasteiger charge is -2.16. The summed E-state index contributed by atoms with van der Waals surface area (Å²) in [5.74, 6) is -2.78. The lowest BCUT2D eigenvalue weighted by Crippen LogP contribution is -2.50. The molecule has 6 N–H and O–H groups in total. The van der Waals surface area contributed by atoms with Crippen LogP contribution in [-0.4, -0.2) is 35.0 Å². The van der Waals surface area contributed by atoms with E-state index in [9.17, 15) is 14.4 Å². The summed E-state index contributed by atoms with van der Waals surface area (Å²) >= 11 is 0. The minimum atomic E-state index is -1.36. The van der Waals surface area contributed by atoms with E-state index in [1.807, 2.05) is 30.3 Å². The number of nitrogens with one attached hydrogen (secondary N) is 1. The Labute approximate surface area is 115 Å². The number of carbonyl (C=O) groups is 3. The monoisotopic (exact) mass is 279 g/mol. The smallest absolute Gasteiger partial charge is 0.326 e. The second-order valence-corrected chi connectivity index (χ2v) is 4.37. The van der Waals surface area contributed by atoms with Gasteiger partial charge in [0, 0.05) is 0 Å². The molecular weight excluding hydrogens is 262 g/mol. The Morgan fingerprint density at radius 3 is 2.30 bits per heavy atom. The number of nitrogens with two attached hydrogens (primary N) is 2. The van der Waals surface area contributed by atoms with E-state index in [2.05, 4.69) is 5.32 Å². The minimum absolute atomic E-state index is 0.273. The number of carbonyl (C=O) groups excluding carboxylic acids is 2. The Kier molecular flexibility index (Phi) is 5.67. The highest BCUT2D eigenvalue weighted by atomic mass is 16.4. The molecule has 0 spiro atoms. The third-order valence-electron chi connectivity index (χ3n) is 2.66. The van der Waals surface area contributed by atoms with Gasteiger partial charge in [0.2, 0.25) is 11.8 Å². The van der Waals surface area contributed by atoms with Gasteiger partial charge in [0.1, 0.15) is 6.04 Å². The first-order valence-corrected chi connectivity index (χ1v) is 6.01. The Hall–Kier alpha value is -2.41. The molecule has 0 bridgehead atoms. The van der Waals surface area contributed by atoms with Gasteiger partial charge in [-0.2, -0.15) is 0 Å². The zero-order chi connectivity index (χ0) is 15.1. The predicted octanol–water partition coefficient (Wildman–Crippen LogP) is -0.999. The van der Waals surface area contributed by atoms with Crippen LogP contribution in [0, 0.1) is 0 Å². The van der Waals surface area contributed by atoms with Gasteiger partial charge in [-0.15, -0.1) is 0 Å². The van der Waals surface area contributed by atoms with Crippen LogP contribution in [-0.2, 0) is 20.8 Å². The number of carboxylic acids is 1. The fraction of sp³-hybridized carbons (Fsp3) is 0.308. The van der Waals surface area contributed by atoms with Crippen molar-refractivity contribution >= 4 is 17.8 Å². The van der Waals surface area contributed by atoms with Crippen molar-refractivity contribution in [3.8, 4) is 0 Å². The molecule has 0 aliphatic rings. The highest BCUT2D eigenvalue weighted by Crippen LogP contribution is 2.02. The molecule has 7 heteroatoms. The van der Waals surface area contributed by atoms with Crippen LogP contribution in [0.4, 0.5) is 0 Å². The highest BCUT2D eigenvalue weighted by Gasteiger charge is 2.24. The van der Waals surface area contributed by atoms with E-state index in [-0.39, 0.29) is 6.42 Å². The third-order valence-corrected chi connectivity index (χ3v) is 2.66. The van der Waals surface area contributed by atoms with Gasteiger partial charge in [-0.3, -0.25) is 9.59 Å². The van der Waals surface area contributed by atoms with Crippen LogP contribution in [0.2, 0.25) is 0 Å². The maximum atomic E-state index is 11.8. The van der Waals surface area contributed by atoms with Gasteiger partial charge in [-0.05, 0) is 12.0 Å². The maximum Gasteiger partial charge on any atom is 0.326 e. The van der Waals surface area contributed by atoms with Crippen molar-refractivity contribution in [2.75, 3.05) is 0 Å². The van der Waals surface area contributed by atoms with Crippen molar-refractivity contribution in [3.05, 3.63) is 35.9 Å². The molecule has 108 valence electrons. The van der Waals surface area contributed by atoms with E-state index in [1.54, 1.807) is 0 Å². The Bertz CT molecular complexity index is 490. The molecule has 2 atom stereocenters. The Morgan fingerprint density at radius 2 is 1.80 bits per heavy atom. The van der Waals surface area contributed by atoms with Crippen molar-refractivity contribution in [3.63, 3.8) is 0 Å². The standard InChI is InChI=1S/C13H17N3O4/c14-9(6-8-4-2-1-3-5-8)12(18)16-10(13(19)20)7-11(15)17/h1-5,9-10H,6-7,14H2,(H2,15,17)(H,16,18)(H,19,20)/t9?,10-/m0/s1. The van der Waals surface area contributed by atoms with Gasteiger partial charge in [0.15, 0.2) is 0 Å². The number of amides is 2. The first-order valence-electron chi connectivity index (χ1n) is 6.01. The van der Waals surface area contributed by atoms with Gasteiger partial charge in [0.05, 0.1) is 12.5 Å². The molecule has 0 aliphatic carbocycles.